The number of carbonyl (C=O) groups excluding carboxylic acids is 1. The quantitative estimate of drug-likeness (QED) is 0.240. The van der Waals surface area contributed by atoms with Crippen molar-refractivity contribution in [2.75, 3.05) is 20.8 Å². The van der Waals surface area contributed by atoms with Crippen LogP contribution in [0.3, 0.4) is 0 Å². The van der Waals surface area contributed by atoms with Crippen LogP contribution in [0.1, 0.15) is 37.5 Å². The molecule has 0 saturated heterocycles. The van der Waals surface area contributed by atoms with Gasteiger partial charge in [-0.15, -0.1) is 0 Å². The summed E-state index contributed by atoms with van der Waals surface area (Å²) in [6, 6.07) is 6.02. The molecule has 5 heteroatoms. The van der Waals surface area contributed by atoms with Crippen LogP contribution in [0.2, 0.25) is 0 Å². The van der Waals surface area contributed by atoms with E-state index in [1.54, 1.807) is 0 Å². The Hall–Kier alpha value is -2.30. The first-order chi connectivity index (χ1) is 11.4. The van der Waals surface area contributed by atoms with Crippen molar-refractivity contribution in [3.8, 4) is 0 Å². The van der Waals surface area contributed by atoms with Crippen molar-refractivity contribution < 1.29 is 19.1 Å². The maximum Gasteiger partial charge on any atom is 0.337 e. The molecule has 1 aromatic carbocycles. The summed E-state index contributed by atoms with van der Waals surface area (Å²) in [5.74, 6) is 0.0317. The second kappa shape index (κ2) is 9.75. The van der Waals surface area contributed by atoms with Crippen LogP contribution in [-0.2, 0) is 25.5 Å². The van der Waals surface area contributed by atoms with Crippen LogP contribution in [0.4, 0.5) is 0 Å². The number of methoxy groups -OCH3 is 2. The highest BCUT2D eigenvalue weighted by molar-refractivity contribution is 5.98. The van der Waals surface area contributed by atoms with Gasteiger partial charge in [-0.1, -0.05) is 31.1 Å². The number of carbonyl (C=O) groups is 1. The zero-order valence-corrected chi connectivity index (χ0v) is 15.4. The van der Waals surface area contributed by atoms with Crippen LogP contribution in [0.25, 0.3) is 0 Å². The summed E-state index contributed by atoms with van der Waals surface area (Å²) >= 11 is 0. The van der Waals surface area contributed by atoms with Gasteiger partial charge in [-0.2, -0.15) is 0 Å². The van der Waals surface area contributed by atoms with Crippen LogP contribution in [0, 0.1) is 12.8 Å². The smallest absolute Gasteiger partial charge is 0.337 e. The SMILES string of the molecule is CO/C=C(\Cc1cc(/C(C)=N/OCC(C)C)ccc1C)C(=O)OC. The van der Waals surface area contributed by atoms with Gasteiger partial charge in [0.1, 0.15) is 6.61 Å². The average Bonchev–Trinajstić information content (AvgIpc) is 2.55. The Balaban J connectivity index is 3.01. The lowest BCUT2D eigenvalue weighted by molar-refractivity contribution is -0.136. The highest BCUT2D eigenvalue weighted by atomic mass is 16.6. The van der Waals surface area contributed by atoms with Gasteiger partial charge in [0.15, 0.2) is 0 Å². The van der Waals surface area contributed by atoms with Gasteiger partial charge < -0.3 is 14.3 Å². The largest absolute Gasteiger partial charge is 0.504 e. The normalized spacial score (nSPS) is 12.3. The maximum absolute atomic E-state index is 11.8. The zero-order chi connectivity index (χ0) is 18.1. The third-order valence-electron chi connectivity index (χ3n) is 3.46. The Labute approximate surface area is 144 Å². The van der Waals surface area contributed by atoms with Crippen LogP contribution in [0.5, 0.6) is 0 Å². The molecule has 0 bridgehead atoms. The molecule has 1 aromatic rings. The molecular formula is C19H27NO4. The van der Waals surface area contributed by atoms with Gasteiger partial charge in [0.2, 0.25) is 0 Å². The molecule has 0 atom stereocenters. The first-order valence-corrected chi connectivity index (χ1v) is 7.95. The van der Waals surface area contributed by atoms with Crippen LogP contribution in [-0.4, -0.2) is 32.5 Å². The van der Waals surface area contributed by atoms with Crippen molar-refractivity contribution in [3.63, 3.8) is 0 Å². The molecule has 0 aliphatic heterocycles. The Morgan fingerprint density at radius 3 is 2.58 bits per heavy atom. The molecule has 0 aliphatic rings. The van der Waals surface area contributed by atoms with Gasteiger partial charge in [-0.3, -0.25) is 0 Å². The summed E-state index contributed by atoms with van der Waals surface area (Å²) in [6.45, 7) is 8.64. The van der Waals surface area contributed by atoms with Gasteiger partial charge >= 0.3 is 5.97 Å². The second-order valence-corrected chi connectivity index (χ2v) is 6.05. The van der Waals surface area contributed by atoms with Gasteiger partial charge in [-0.05, 0) is 42.5 Å². The fraction of sp³-hybridized carbons (Fsp3) is 0.474. The third-order valence-corrected chi connectivity index (χ3v) is 3.46. The summed E-state index contributed by atoms with van der Waals surface area (Å²) < 4.78 is 9.78. The van der Waals surface area contributed by atoms with Gasteiger partial charge in [-0.25, -0.2) is 4.79 Å². The van der Waals surface area contributed by atoms with Crippen LogP contribution >= 0.6 is 0 Å². The predicted molar refractivity (Wildman–Crippen MR) is 95.0 cm³/mol. The molecule has 0 saturated carbocycles. The highest BCUT2D eigenvalue weighted by Crippen LogP contribution is 2.17. The number of esters is 1. The van der Waals surface area contributed by atoms with Crippen LogP contribution < -0.4 is 0 Å². The molecule has 0 fully saturated rings. The molecule has 5 nitrogen and oxygen atoms in total. The number of aryl methyl sites for hydroxylation is 1. The van der Waals surface area contributed by atoms with Crippen molar-refractivity contribution in [1.82, 2.24) is 0 Å². The van der Waals surface area contributed by atoms with E-state index in [9.17, 15) is 4.79 Å². The van der Waals surface area contributed by atoms with Gasteiger partial charge in [0.05, 0.1) is 31.8 Å². The second-order valence-electron chi connectivity index (χ2n) is 6.05. The molecule has 0 radical (unpaired) electrons. The summed E-state index contributed by atoms with van der Waals surface area (Å²) in [5.41, 5.74) is 4.32. The summed E-state index contributed by atoms with van der Waals surface area (Å²) in [7, 11) is 2.87. The Bertz CT molecular complexity index is 618. The minimum absolute atomic E-state index is 0.396. The highest BCUT2D eigenvalue weighted by Gasteiger charge is 2.13. The van der Waals surface area contributed by atoms with Crippen molar-refractivity contribution >= 4 is 11.7 Å². The van der Waals surface area contributed by atoms with Crippen molar-refractivity contribution in [1.29, 1.82) is 0 Å². The summed E-state index contributed by atoms with van der Waals surface area (Å²) in [4.78, 5) is 17.2. The first-order valence-electron chi connectivity index (χ1n) is 7.95. The Kier molecular flexibility index (Phi) is 8.02. The van der Waals surface area contributed by atoms with E-state index < -0.39 is 5.97 Å². The standard InChI is InChI=1S/C19H27NO4/c1-13(2)11-24-20-15(4)16-8-7-14(3)17(9-16)10-18(12-22-5)19(21)23-6/h7-9,12-13H,10-11H2,1-6H3/b18-12+,20-15+. The molecule has 24 heavy (non-hydrogen) atoms. The maximum atomic E-state index is 11.8. The Morgan fingerprint density at radius 1 is 1.29 bits per heavy atom. The van der Waals surface area contributed by atoms with E-state index in [-0.39, 0.29) is 0 Å². The molecule has 0 amide bonds. The Morgan fingerprint density at radius 2 is 2.00 bits per heavy atom. The fourth-order valence-electron chi connectivity index (χ4n) is 2.06. The van der Waals surface area contributed by atoms with Crippen molar-refractivity contribution in [3.05, 3.63) is 46.7 Å². The minimum atomic E-state index is -0.396. The van der Waals surface area contributed by atoms with E-state index in [2.05, 4.69) is 19.0 Å². The first kappa shape index (κ1) is 19.7. The van der Waals surface area contributed by atoms with E-state index >= 15 is 0 Å². The molecule has 0 N–H and O–H groups in total. The van der Waals surface area contributed by atoms with E-state index in [0.717, 1.165) is 22.4 Å². The molecule has 0 aromatic heterocycles. The average molecular weight is 333 g/mol. The number of hydrogen-bond donors (Lipinski definition) is 0. The zero-order valence-electron chi connectivity index (χ0n) is 15.4. The number of rotatable bonds is 8. The number of nitrogens with zero attached hydrogens (tertiary/aromatic N) is 1. The summed E-state index contributed by atoms with van der Waals surface area (Å²) in [6.07, 6.45) is 1.85. The van der Waals surface area contributed by atoms with E-state index in [0.29, 0.717) is 24.5 Å². The molecule has 0 aliphatic carbocycles. The lowest BCUT2D eigenvalue weighted by Crippen LogP contribution is -2.09. The minimum Gasteiger partial charge on any atom is -0.504 e. The van der Waals surface area contributed by atoms with Gasteiger partial charge in [0.25, 0.3) is 0 Å². The molecule has 0 spiro atoms. The lowest BCUT2D eigenvalue weighted by atomic mass is 9.97. The topological polar surface area (TPSA) is 57.1 Å². The third kappa shape index (κ3) is 6.07. The molecule has 1 rings (SSSR count). The van der Waals surface area contributed by atoms with E-state index in [4.69, 9.17) is 14.3 Å². The monoisotopic (exact) mass is 333 g/mol. The molecule has 0 unspecified atom stereocenters. The van der Waals surface area contributed by atoms with Gasteiger partial charge in [0, 0.05) is 6.42 Å². The number of ether oxygens (including phenoxy) is 2. The van der Waals surface area contributed by atoms with Crippen molar-refractivity contribution in [2.24, 2.45) is 11.1 Å². The number of oxime groups is 1. The van der Waals surface area contributed by atoms with E-state index in [1.165, 1.54) is 20.5 Å². The molecule has 0 heterocycles. The lowest BCUT2D eigenvalue weighted by Gasteiger charge is -2.11. The number of hydrogen-bond acceptors (Lipinski definition) is 5. The van der Waals surface area contributed by atoms with E-state index in [1.807, 2.05) is 32.0 Å². The predicted octanol–water partition coefficient (Wildman–Crippen LogP) is 3.64. The summed E-state index contributed by atoms with van der Waals surface area (Å²) in [5, 5.41) is 4.16. The van der Waals surface area contributed by atoms with Crippen LogP contribution in [0.15, 0.2) is 35.2 Å². The fourth-order valence-corrected chi connectivity index (χ4v) is 2.06. The molecule has 132 valence electrons. The molecular weight excluding hydrogens is 306 g/mol. The van der Waals surface area contributed by atoms with Crippen molar-refractivity contribution in [2.45, 2.75) is 34.1 Å². The number of benzene rings is 1.